The molecular formula is C26H26N2O4. The molecule has 2 heterocycles. The molecule has 0 bridgehead atoms. The van der Waals surface area contributed by atoms with Crippen LogP contribution in [-0.4, -0.2) is 35.4 Å². The lowest BCUT2D eigenvalue weighted by molar-refractivity contribution is -0.145. The number of benzene rings is 1. The number of nitrogens with one attached hydrogen (secondary N) is 1. The molecule has 2 aliphatic rings. The molecule has 0 saturated heterocycles. The molecule has 164 valence electrons. The number of aromatic nitrogens is 2. The van der Waals surface area contributed by atoms with Crippen LogP contribution in [0.5, 0.6) is 5.75 Å². The summed E-state index contributed by atoms with van der Waals surface area (Å²) >= 11 is 0. The van der Waals surface area contributed by atoms with Crippen molar-refractivity contribution in [1.82, 2.24) is 9.97 Å². The van der Waals surface area contributed by atoms with Crippen molar-refractivity contribution in [3.8, 4) is 17.0 Å². The maximum atomic E-state index is 13.2. The molecule has 5 rings (SSSR count). The maximum absolute atomic E-state index is 13.2. The minimum absolute atomic E-state index is 0.0235. The van der Waals surface area contributed by atoms with E-state index in [0.29, 0.717) is 36.7 Å². The lowest BCUT2D eigenvalue weighted by Crippen LogP contribution is -2.27. The van der Waals surface area contributed by atoms with Crippen molar-refractivity contribution in [2.24, 2.45) is 11.8 Å². The van der Waals surface area contributed by atoms with Gasteiger partial charge in [-0.2, -0.15) is 0 Å². The second-order valence-corrected chi connectivity index (χ2v) is 8.67. The van der Waals surface area contributed by atoms with Crippen LogP contribution in [-0.2, 0) is 22.4 Å². The molecule has 0 amide bonds. The Kier molecular flexibility index (Phi) is 5.52. The maximum Gasteiger partial charge on any atom is 0.309 e. The fraction of sp³-hybridized carbons (Fsp3) is 0.346. The third kappa shape index (κ3) is 4.05. The second-order valence-electron chi connectivity index (χ2n) is 8.67. The van der Waals surface area contributed by atoms with Crippen LogP contribution >= 0.6 is 0 Å². The molecular weight excluding hydrogens is 404 g/mol. The largest absolute Gasteiger partial charge is 0.491 e. The van der Waals surface area contributed by atoms with E-state index in [1.54, 1.807) is 12.4 Å². The standard InChI is InChI=1S/C26H26N2O4/c1-31-26(30)18-12-21-24(22(29)13-18)20(11-16-5-3-2-4-6-16)25(28-21)19-9-10-27-14-23(19)32-15-17-7-8-17/h2-6,9-10,14,17-18,28H,7-8,11-13,15H2,1H3. The van der Waals surface area contributed by atoms with Crippen LogP contribution in [0.1, 0.15) is 46.4 Å². The van der Waals surface area contributed by atoms with Crippen molar-refractivity contribution >= 4 is 11.8 Å². The summed E-state index contributed by atoms with van der Waals surface area (Å²) in [6.45, 7) is 0.677. The van der Waals surface area contributed by atoms with Gasteiger partial charge in [-0.1, -0.05) is 30.3 Å². The van der Waals surface area contributed by atoms with Gasteiger partial charge in [-0.25, -0.2) is 0 Å². The number of Topliss-reactive ketones (excluding diaryl/α,β-unsaturated/α-hetero) is 1. The van der Waals surface area contributed by atoms with Gasteiger partial charge in [0.25, 0.3) is 0 Å². The van der Waals surface area contributed by atoms with Crippen LogP contribution in [0.3, 0.4) is 0 Å². The first-order valence-corrected chi connectivity index (χ1v) is 11.1. The molecule has 1 N–H and O–H groups in total. The number of aromatic amines is 1. The summed E-state index contributed by atoms with van der Waals surface area (Å²) < 4.78 is 11.0. The molecule has 1 saturated carbocycles. The predicted molar refractivity (Wildman–Crippen MR) is 120 cm³/mol. The first kappa shape index (κ1) is 20.5. The Morgan fingerprint density at radius 1 is 1.16 bits per heavy atom. The fourth-order valence-electron chi connectivity index (χ4n) is 4.46. The molecule has 0 radical (unpaired) electrons. The van der Waals surface area contributed by atoms with E-state index in [4.69, 9.17) is 9.47 Å². The molecule has 1 aromatic carbocycles. The summed E-state index contributed by atoms with van der Waals surface area (Å²) in [5.74, 6) is 0.501. The monoisotopic (exact) mass is 430 g/mol. The molecule has 0 spiro atoms. The molecule has 1 fully saturated rings. The third-order valence-electron chi connectivity index (χ3n) is 6.33. The second kappa shape index (κ2) is 8.61. The van der Waals surface area contributed by atoms with Gasteiger partial charge in [0.15, 0.2) is 5.78 Å². The van der Waals surface area contributed by atoms with E-state index in [-0.39, 0.29) is 18.2 Å². The Hall–Kier alpha value is -3.41. The number of hydrogen-bond donors (Lipinski definition) is 1. The van der Waals surface area contributed by atoms with Gasteiger partial charge in [0.2, 0.25) is 0 Å². The molecule has 2 aromatic heterocycles. The molecule has 32 heavy (non-hydrogen) atoms. The number of carbonyl (C=O) groups is 2. The van der Waals surface area contributed by atoms with Crippen molar-refractivity contribution in [1.29, 1.82) is 0 Å². The highest BCUT2D eigenvalue weighted by Gasteiger charge is 2.35. The van der Waals surface area contributed by atoms with Crippen LogP contribution < -0.4 is 4.74 Å². The molecule has 1 unspecified atom stereocenters. The number of methoxy groups -OCH3 is 1. The smallest absolute Gasteiger partial charge is 0.309 e. The average molecular weight is 431 g/mol. The Morgan fingerprint density at radius 2 is 1.97 bits per heavy atom. The van der Waals surface area contributed by atoms with E-state index in [1.165, 1.54) is 20.0 Å². The van der Waals surface area contributed by atoms with Gasteiger partial charge >= 0.3 is 5.97 Å². The zero-order valence-corrected chi connectivity index (χ0v) is 18.1. The van der Waals surface area contributed by atoms with Crippen LogP contribution in [0.15, 0.2) is 48.8 Å². The minimum Gasteiger partial charge on any atom is -0.491 e. The number of hydrogen-bond acceptors (Lipinski definition) is 5. The van der Waals surface area contributed by atoms with Gasteiger partial charge < -0.3 is 14.5 Å². The van der Waals surface area contributed by atoms with E-state index >= 15 is 0 Å². The number of H-pyrrole nitrogens is 1. The van der Waals surface area contributed by atoms with Crippen molar-refractivity contribution < 1.29 is 19.1 Å². The third-order valence-corrected chi connectivity index (χ3v) is 6.33. The van der Waals surface area contributed by atoms with Crippen molar-refractivity contribution in [3.63, 3.8) is 0 Å². The lowest BCUT2D eigenvalue weighted by atomic mass is 9.84. The number of esters is 1. The Morgan fingerprint density at radius 3 is 2.72 bits per heavy atom. The topological polar surface area (TPSA) is 81.3 Å². The summed E-state index contributed by atoms with van der Waals surface area (Å²) in [4.78, 5) is 33.1. The molecule has 3 aromatic rings. The van der Waals surface area contributed by atoms with E-state index in [0.717, 1.165) is 28.1 Å². The highest BCUT2D eigenvalue weighted by atomic mass is 16.5. The average Bonchev–Trinajstić information content (AvgIpc) is 3.58. The fourth-order valence-corrected chi connectivity index (χ4v) is 4.46. The number of nitrogens with zero attached hydrogens (tertiary/aromatic N) is 1. The SMILES string of the molecule is COC(=O)C1CC(=O)c2c([nH]c(-c3ccncc3OCC3CC3)c2Cc2ccccc2)C1. The Labute approximate surface area is 187 Å². The molecule has 6 heteroatoms. The van der Waals surface area contributed by atoms with Crippen molar-refractivity contribution in [2.45, 2.75) is 32.1 Å². The van der Waals surface area contributed by atoms with Crippen LogP contribution in [0.4, 0.5) is 0 Å². The summed E-state index contributed by atoms with van der Waals surface area (Å²) in [5, 5.41) is 0. The Balaban J connectivity index is 1.59. The lowest BCUT2D eigenvalue weighted by Gasteiger charge is -2.19. The van der Waals surface area contributed by atoms with E-state index in [2.05, 4.69) is 22.1 Å². The van der Waals surface area contributed by atoms with Crippen LogP contribution in [0.25, 0.3) is 11.3 Å². The summed E-state index contributed by atoms with van der Waals surface area (Å²) in [5.41, 5.74) is 5.32. The highest BCUT2D eigenvalue weighted by molar-refractivity contribution is 6.04. The van der Waals surface area contributed by atoms with Crippen molar-refractivity contribution in [2.75, 3.05) is 13.7 Å². The van der Waals surface area contributed by atoms with E-state index in [1.807, 2.05) is 24.3 Å². The summed E-state index contributed by atoms with van der Waals surface area (Å²) in [6.07, 6.45) is 7.12. The van der Waals surface area contributed by atoms with Gasteiger partial charge in [0.05, 0.1) is 31.5 Å². The van der Waals surface area contributed by atoms with Crippen molar-refractivity contribution in [3.05, 3.63) is 71.2 Å². The first-order chi connectivity index (χ1) is 15.6. The number of fused-ring (bicyclic) bond motifs is 1. The number of pyridine rings is 1. The molecule has 6 nitrogen and oxygen atoms in total. The minimum atomic E-state index is -0.459. The van der Waals surface area contributed by atoms with Gasteiger partial charge in [-0.15, -0.1) is 0 Å². The normalized spacial score (nSPS) is 17.7. The van der Waals surface area contributed by atoms with Gasteiger partial charge in [-0.3, -0.25) is 14.6 Å². The van der Waals surface area contributed by atoms with E-state index < -0.39 is 5.92 Å². The number of ketones is 1. The van der Waals surface area contributed by atoms with Gasteiger partial charge in [-0.05, 0) is 36.0 Å². The summed E-state index contributed by atoms with van der Waals surface area (Å²) in [7, 11) is 1.36. The zero-order chi connectivity index (χ0) is 22.1. The predicted octanol–water partition coefficient (Wildman–Crippen LogP) is 4.37. The number of carbonyl (C=O) groups excluding carboxylic acids is 2. The van der Waals surface area contributed by atoms with Crippen LogP contribution in [0.2, 0.25) is 0 Å². The Bertz CT molecular complexity index is 1150. The molecule has 2 aliphatic carbocycles. The number of ether oxygens (including phenoxy) is 2. The van der Waals surface area contributed by atoms with E-state index in [9.17, 15) is 9.59 Å². The zero-order valence-electron chi connectivity index (χ0n) is 18.1. The molecule has 0 aliphatic heterocycles. The summed E-state index contributed by atoms with van der Waals surface area (Å²) in [6, 6.07) is 12.0. The molecule has 1 atom stereocenters. The quantitative estimate of drug-likeness (QED) is 0.563. The van der Waals surface area contributed by atoms with Gasteiger partial charge in [0, 0.05) is 42.3 Å². The number of rotatable bonds is 7. The first-order valence-electron chi connectivity index (χ1n) is 11.1. The highest BCUT2D eigenvalue weighted by Crippen LogP contribution is 2.40. The van der Waals surface area contributed by atoms with Gasteiger partial charge in [0.1, 0.15) is 5.75 Å². The van der Waals surface area contributed by atoms with Crippen LogP contribution in [0, 0.1) is 11.8 Å².